The number of halogens is 1. The lowest BCUT2D eigenvalue weighted by molar-refractivity contribution is -0.123. The lowest BCUT2D eigenvalue weighted by Gasteiger charge is -2.31. The van der Waals surface area contributed by atoms with Gasteiger partial charge in [-0.05, 0) is 31.4 Å². The van der Waals surface area contributed by atoms with E-state index in [1.54, 1.807) is 18.4 Å². The molecule has 2 aromatic rings. The third kappa shape index (κ3) is 5.07. The van der Waals surface area contributed by atoms with Crippen molar-refractivity contribution in [1.82, 2.24) is 9.88 Å². The van der Waals surface area contributed by atoms with Crippen molar-refractivity contribution < 1.29 is 14.3 Å². The molecule has 1 aliphatic carbocycles. The summed E-state index contributed by atoms with van der Waals surface area (Å²) in [5.41, 5.74) is 2.03. The number of hydrogen-bond donors (Lipinski definition) is 0. The number of ether oxygens (including phenoxy) is 2. The highest BCUT2D eigenvalue weighted by Gasteiger charge is 2.29. The molecule has 1 saturated heterocycles. The molecule has 0 unspecified atom stereocenters. The largest absolute Gasteiger partial charge is 0.494 e. The van der Waals surface area contributed by atoms with E-state index in [0.29, 0.717) is 6.54 Å². The average molecular weight is 454 g/mol. The fraction of sp³-hybridized carbons (Fsp3) is 0.636. The molecule has 1 saturated carbocycles. The fourth-order valence-corrected chi connectivity index (χ4v) is 5.40. The number of amides is 1. The van der Waals surface area contributed by atoms with Gasteiger partial charge in [0.05, 0.1) is 25.0 Å². The Balaban J connectivity index is 0.00000256. The van der Waals surface area contributed by atoms with Crippen molar-refractivity contribution in [3.63, 3.8) is 0 Å². The molecule has 8 heteroatoms. The number of hydrogen-bond acceptors (Lipinski definition) is 6. The second kappa shape index (κ2) is 10.8. The first-order valence-corrected chi connectivity index (χ1v) is 11.5. The van der Waals surface area contributed by atoms with Gasteiger partial charge >= 0.3 is 0 Å². The van der Waals surface area contributed by atoms with Gasteiger partial charge in [0.25, 0.3) is 0 Å². The number of carbonyl (C=O) groups is 1. The van der Waals surface area contributed by atoms with E-state index in [4.69, 9.17) is 14.5 Å². The molecule has 0 bridgehead atoms. The van der Waals surface area contributed by atoms with Crippen molar-refractivity contribution in [2.45, 2.75) is 39.0 Å². The minimum Gasteiger partial charge on any atom is -0.494 e. The number of rotatable bonds is 6. The van der Waals surface area contributed by atoms with Crippen molar-refractivity contribution in [3.8, 4) is 5.75 Å². The molecule has 2 fully saturated rings. The van der Waals surface area contributed by atoms with E-state index in [9.17, 15) is 4.79 Å². The fourth-order valence-electron chi connectivity index (χ4n) is 4.31. The van der Waals surface area contributed by atoms with Crippen LogP contribution in [0, 0.1) is 12.8 Å². The number of methoxy groups -OCH3 is 1. The summed E-state index contributed by atoms with van der Waals surface area (Å²) >= 11 is 1.61. The predicted molar refractivity (Wildman–Crippen MR) is 124 cm³/mol. The lowest BCUT2D eigenvalue weighted by Crippen LogP contribution is -2.45. The summed E-state index contributed by atoms with van der Waals surface area (Å²) in [7, 11) is 1.67. The van der Waals surface area contributed by atoms with Gasteiger partial charge in [0, 0.05) is 32.1 Å². The van der Waals surface area contributed by atoms with Crippen LogP contribution in [-0.2, 0) is 9.53 Å². The number of aromatic nitrogens is 1. The highest BCUT2D eigenvalue weighted by Crippen LogP contribution is 2.37. The zero-order valence-electron chi connectivity index (χ0n) is 17.9. The Morgan fingerprint density at radius 2 is 2.00 bits per heavy atom. The molecule has 166 valence electrons. The summed E-state index contributed by atoms with van der Waals surface area (Å²) in [5, 5.41) is 0.802. The van der Waals surface area contributed by atoms with Gasteiger partial charge in [0.2, 0.25) is 5.91 Å². The molecule has 0 N–H and O–H groups in total. The van der Waals surface area contributed by atoms with Crippen LogP contribution < -0.4 is 9.64 Å². The van der Waals surface area contributed by atoms with Gasteiger partial charge in [-0.2, -0.15) is 0 Å². The van der Waals surface area contributed by atoms with Crippen molar-refractivity contribution in [2.24, 2.45) is 5.92 Å². The first kappa shape index (κ1) is 23.3. The summed E-state index contributed by atoms with van der Waals surface area (Å²) in [6, 6.07) is 4.02. The maximum atomic E-state index is 13.5. The summed E-state index contributed by atoms with van der Waals surface area (Å²) in [6.07, 6.45) is 5.55. The molecule has 2 heterocycles. The van der Waals surface area contributed by atoms with Crippen molar-refractivity contribution in [1.29, 1.82) is 0 Å². The molecular formula is C22H32ClN3O3S. The second-order valence-electron chi connectivity index (χ2n) is 8.04. The number of thiazole rings is 1. The van der Waals surface area contributed by atoms with Crippen molar-refractivity contribution in [3.05, 3.63) is 17.7 Å². The van der Waals surface area contributed by atoms with E-state index in [0.717, 1.165) is 79.6 Å². The molecule has 0 atom stereocenters. The summed E-state index contributed by atoms with van der Waals surface area (Å²) in [6.45, 7) is 7.02. The van der Waals surface area contributed by atoms with E-state index in [1.807, 2.05) is 11.0 Å². The SMILES string of the molecule is COc1ccc(C)c2sc(N(CCN3CCOCC3)C(=O)C3CCCCC3)nc12.Cl. The minimum absolute atomic E-state index is 0. The molecule has 6 nitrogen and oxygen atoms in total. The molecule has 4 rings (SSSR count). The van der Waals surface area contributed by atoms with Crippen molar-refractivity contribution >= 4 is 45.0 Å². The molecule has 1 aromatic heterocycles. The Morgan fingerprint density at radius 1 is 1.27 bits per heavy atom. The topological polar surface area (TPSA) is 54.9 Å². The van der Waals surface area contributed by atoms with Crippen LogP contribution in [0.5, 0.6) is 5.75 Å². The molecule has 1 aromatic carbocycles. The van der Waals surface area contributed by atoms with Gasteiger partial charge in [-0.15, -0.1) is 12.4 Å². The minimum atomic E-state index is 0. The Kier molecular flexibility index (Phi) is 8.34. The zero-order chi connectivity index (χ0) is 20.2. The maximum absolute atomic E-state index is 13.5. The number of aryl methyl sites for hydroxylation is 1. The lowest BCUT2D eigenvalue weighted by atomic mass is 9.88. The molecule has 1 aliphatic heterocycles. The summed E-state index contributed by atoms with van der Waals surface area (Å²) in [4.78, 5) is 22.7. The van der Waals surface area contributed by atoms with E-state index in [1.165, 1.54) is 12.0 Å². The zero-order valence-corrected chi connectivity index (χ0v) is 19.5. The third-order valence-electron chi connectivity index (χ3n) is 6.11. The number of anilines is 1. The van der Waals surface area contributed by atoms with Gasteiger partial charge in [-0.25, -0.2) is 4.98 Å². The Morgan fingerprint density at radius 3 is 2.70 bits per heavy atom. The van der Waals surface area contributed by atoms with Crippen LogP contribution in [0.15, 0.2) is 12.1 Å². The maximum Gasteiger partial charge on any atom is 0.231 e. The van der Waals surface area contributed by atoms with Gasteiger partial charge in [0.1, 0.15) is 11.3 Å². The Hall–Kier alpha value is -1.41. The molecular weight excluding hydrogens is 422 g/mol. The summed E-state index contributed by atoms with van der Waals surface area (Å²) < 4.78 is 12.1. The van der Waals surface area contributed by atoms with E-state index in [-0.39, 0.29) is 24.2 Å². The number of fused-ring (bicyclic) bond motifs is 1. The standard InChI is InChI=1S/C22H31N3O3S.ClH/c1-16-8-9-18(27-2)19-20(16)29-22(23-19)25(11-10-24-12-14-28-15-13-24)21(26)17-6-4-3-5-7-17;/h8-9,17H,3-7,10-15H2,1-2H3;1H. The monoisotopic (exact) mass is 453 g/mol. The second-order valence-corrected chi connectivity index (χ2v) is 9.02. The number of nitrogens with zero attached hydrogens (tertiary/aromatic N) is 3. The van der Waals surface area contributed by atoms with Crippen LogP contribution in [0.25, 0.3) is 10.2 Å². The number of morpholine rings is 1. The van der Waals surface area contributed by atoms with Gasteiger partial charge in [0.15, 0.2) is 5.13 Å². The highest BCUT2D eigenvalue weighted by atomic mass is 35.5. The van der Waals surface area contributed by atoms with Crippen LogP contribution >= 0.6 is 23.7 Å². The predicted octanol–water partition coefficient (Wildman–Crippen LogP) is 4.28. The van der Waals surface area contributed by atoms with Crippen LogP contribution in [-0.4, -0.2) is 62.3 Å². The molecule has 0 spiro atoms. The highest BCUT2D eigenvalue weighted by molar-refractivity contribution is 7.22. The quantitative estimate of drug-likeness (QED) is 0.653. The van der Waals surface area contributed by atoms with Crippen molar-refractivity contribution in [2.75, 3.05) is 51.4 Å². The van der Waals surface area contributed by atoms with Crippen LogP contribution in [0.3, 0.4) is 0 Å². The van der Waals surface area contributed by atoms with Crippen LogP contribution in [0.1, 0.15) is 37.7 Å². The molecule has 30 heavy (non-hydrogen) atoms. The van der Waals surface area contributed by atoms with Gasteiger partial charge in [-0.1, -0.05) is 36.7 Å². The number of benzene rings is 1. The molecule has 1 amide bonds. The first-order valence-electron chi connectivity index (χ1n) is 10.7. The van der Waals surface area contributed by atoms with E-state index in [2.05, 4.69) is 17.9 Å². The van der Waals surface area contributed by atoms with Crippen LogP contribution in [0.2, 0.25) is 0 Å². The summed E-state index contributed by atoms with van der Waals surface area (Å²) in [5.74, 6) is 1.14. The Bertz CT molecular complexity index is 848. The molecule has 0 radical (unpaired) electrons. The first-order chi connectivity index (χ1) is 14.2. The van der Waals surface area contributed by atoms with E-state index >= 15 is 0 Å². The van der Waals surface area contributed by atoms with Crippen LogP contribution in [0.4, 0.5) is 5.13 Å². The van der Waals surface area contributed by atoms with E-state index < -0.39 is 0 Å². The smallest absolute Gasteiger partial charge is 0.231 e. The normalized spacial score (nSPS) is 18.2. The third-order valence-corrected chi connectivity index (χ3v) is 7.32. The molecule has 2 aliphatic rings. The van der Waals surface area contributed by atoms with Gasteiger partial charge < -0.3 is 9.47 Å². The number of carbonyl (C=O) groups excluding carboxylic acids is 1. The van der Waals surface area contributed by atoms with Gasteiger partial charge in [-0.3, -0.25) is 14.6 Å². The Labute approximate surface area is 188 Å². The average Bonchev–Trinajstić information content (AvgIpc) is 3.21.